The van der Waals surface area contributed by atoms with Crippen LogP contribution in [0, 0.1) is 11.6 Å². The van der Waals surface area contributed by atoms with Crippen molar-refractivity contribution < 1.29 is 8.78 Å². The lowest BCUT2D eigenvalue weighted by atomic mass is 9.99. The first-order chi connectivity index (χ1) is 9.65. The summed E-state index contributed by atoms with van der Waals surface area (Å²) < 4.78 is 28.1. The van der Waals surface area contributed by atoms with E-state index >= 15 is 0 Å². The fourth-order valence-electron chi connectivity index (χ4n) is 2.21. The third-order valence-electron chi connectivity index (χ3n) is 3.47. The fraction of sp³-hybridized carbons (Fsp3) is 0.250. The molecule has 1 saturated carbocycles. The van der Waals surface area contributed by atoms with Crippen LogP contribution in [0.25, 0.3) is 11.1 Å². The highest BCUT2D eigenvalue weighted by atomic mass is 79.9. The Morgan fingerprint density at radius 2 is 1.90 bits per heavy atom. The van der Waals surface area contributed by atoms with Gasteiger partial charge in [-0.2, -0.15) is 0 Å². The van der Waals surface area contributed by atoms with Crippen LogP contribution in [-0.2, 0) is 6.54 Å². The standard InChI is InChI=1S/C16H14BrF2N/c17-15-3-1-2-13(16(15)19)14-8-11(18)5-4-10(14)9-20-12-6-7-12/h1-5,8,12,20H,6-7,9H2. The van der Waals surface area contributed by atoms with Crippen LogP contribution in [0.4, 0.5) is 8.78 Å². The maximum absolute atomic E-state index is 14.2. The molecular formula is C16H14BrF2N. The molecule has 1 aliphatic carbocycles. The predicted octanol–water partition coefficient (Wildman–Crippen LogP) is 4.65. The molecule has 1 aliphatic rings. The average molecular weight is 338 g/mol. The molecule has 3 rings (SSSR count). The molecule has 104 valence electrons. The Morgan fingerprint density at radius 3 is 2.65 bits per heavy atom. The summed E-state index contributed by atoms with van der Waals surface area (Å²) in [6.45, 7) is 0.631. The molecule has 1 N–H and O–H groups in total. The number of benzene rings is 2. The summed E-state index contributed by atoms with van der Waals surface area (Å²) in [4.78, 5) is 0. The number of halogens is 3. The van der Waals surface area contributed by atoms with Crippen molar-refractivity contribution in [3.8, 4) is 11.1 Å². The molecule has 0 unspecified atom stereocenters. The van der Waals surface area contributed by atoms with Gasteiger partial charge in [-0.05, 0) is 58.1 Å². The van der Waals surface area contributed by atoms with E-state index in [1.54, 1.807) is 24.3 Å². The summed E-state index contributed by atoms with van der Waals surface area (Å²) in [7, 11) is 0. The minimum Gasteiger partial charge on any atom is -0.310 e. The molecule has 0 saturated heterocycles. The van der Waals surface area contributed by atoms with Gasteiger partial charge in [-0.3, -0.25) is 0 Å². The van der Waals surface area contributed by atoms with Crippen molar-refractivity contribution in [3.63, 3.8) is 0 Å². The summed E-state index contributed by atoms with van der Waals surface area (Å²) in [6.07, 6.45) is 2.36. The maximum Gasteiger partial charge on any atom is 0.145 e. The summed E-state index contributed by atoms with van der Waals surface area (Å²) in [5.41, 5.74) is 1.94. The Labute approximate surface area is 125 Å². The first-order valence-electron chi connectivity index (χ1n) is 6.61. The minimum absolute atomic E-state index is 0.352. The first-order valence-corrected chi connectivity index (χ1v) is 7.40. The van der Waals surface area contributed by atoms with Crippen molar-refractivity contribution in [2.45, 2.75) is 25.4 Å². The second kappa shape index (κ2) is 5.62. The van der Waals surface area contributed by atoms with E-state index in [9.17, 15) is 8.78 Å². The van der Waals surface area contributed by atoms with Gasteiger partial charge in [0.15, 0.2) is 0 Å². The van der Waals surface area contributed by atoms with E-state index in [0.717, 1.165) is 5.56 Å². The van der Waals surface area contributed by atoms with Crippen LogP contribution < -0.4 is 5.32 Å². The summed E-state index contributed by atoms with van der Waals surface area (Å²) in [5.74, 6) is -0.708. The average Bonchev–Trinajstić information content (AvgIpc) is 3.25. The lowest BCUT2D eigenvalue weighted by Gasteiger charge is -2.12. The zero-order valence-electron chi connectivity index (χ0n) is 10.8. The first kappa shape index (κ1) is 13.7. The van der Waals surface area contributed by atoms with E-state index in [1.165, 1.54) is 25.0 Å². The summed E-state index contributed by atoms with van der Waals surface area (Å²) >= 11 is 3.17. The molecular weight excluding hydrogens is 324 g/mol. The molecule has 0 atom stereocenters. The Morgan fingerprint density at radius 1 is 1.10 bits per heavy atom. The number of hydrogen-bond donors (Lipinski definition) is 1. The predicted molar refractivity (Wildman–Crippen MR) is 79.4 cm³/mol. The Balaban J connectivity index is 2.01. The molecule has 0 radical (unpaired) electrons. The zero-order valence-corrected chi connectivity index (χ0v) is 12.4. The molecule has 0 heterocycles. The summed E-state index contributed by atoms with van der Waals surface area (Å²) in [6, 6.07) is 10.2. The zero-order chi connectivity index (χ0) is 14.1. The van der Waals surface area contributed by atoms with Crippen molar-refractivity contribution in [2.75, 3.05) is 0 Å². The van der Waals surface area contributed by atoms with Gasteiger partial charge in [-0.15, -0.1) is 0 Å². The second-order valence-electron chi connectivity index (χ2n) is 5.06. The monoisotopic (exact) mass is 337 g/mol. The molecule has 2 aromatic rings. The molecule has 1 nitrogen and oxygen atoms in total. The highest BCUT2D eigenvalue weighted by Gasteiger charge is 2.21. The largest absolute Gasteiger partial charge is 0.310 e. The molecule has 0 aromatic heterocycles. The van der Waals surface area contributed by atoms with Crippen LogP contribution in [0.1, 0.15) is 18.4 Å². The van der Waals surface area contributed by atoms with Crippen LogP contribution in [0.15, 0.2) is 40.9 Å². The number of rotatable bonds is 4. The maximum atomic E-state index is 14.2. The van der Waals surface area contributed by atoms with Gasteiger partial charge in [0.05, 0.1) is 4.47 Å². The lowest BCUT2D eigenvalue weighted by molar-refractivity contribution is 0.618. The van der Waals surface area contributed by atoms with Gasteiger partial charge >= 0.3 is 0 Å². The van der Waals surface area contributed by atoms with Crippen molar-refractivity contribution in [1.29, 1.82) is 0 Å². The van der Waals surface area contributed by atoms with Crippen LogP contribution in [0.2, 0.25) is 0 Å². The minimum atomic E-state index is -0.356. The highest BCUT2D eigenvalue weighted by Crippen LogP contribution is 2.31. The topological polar surface area (TPSA) is 12.0 Å². The summed E-state index contributed by atoms with van der Waals surface area (Å²) in [5, 5.41) is 3.38. The molecule has 0 aliphatic heterocycles. The van der Waals surface area contributed by atoms with Gasteiger partial charge in [0.1, 0.15) is 11.6 Å². The SMILES string of the molecule is Fc1ccc(CNC2CC2)c(-c2cccc(Br)c2F)c1. The molecule has 0 bridgehead atoms. The van der Waals surface area contributed by atoms with E-state index in [-0.39, 0.29) is 11.6 Å². The molecule has 0 spiro atoms. The van der Waals surface area contributed by atoms with Gasteiger partial charge in [0, 0.05) is 18.2 Å². The molecule has 20 heavy (non-hydrogen) atoms. The van der Waals surface area contributed by atoms with E-state index in [1.807, 2.05) is 0 Å². The Hall–Kier alpha value is -1.26. The second-order valence-corrected chi connectivity index (χ2v) is 5.91. The third kappa shape index (κ3) is 2.91. The van der Waals surface area contributed by atoms with Gasteiger partial charge in [-0.25, -0.2) is 8.78 Å². The lowest BCUT2D eigenvalue weighted by Crippen LogP contribution is -2.16. The van der Waals surface area contributed by atoms with Crippen LogP contribution in [0.5, 0.6) is 0 Å². The van der Waals surface area contributed by atoms with Crippen molar-refractivity contribution in [3.05, 3.63) is 58.1 Å². The van der Waals surface area contributed by atoms with E-state index in [2.05, 4.69) is 21.2 Å². The fourth-order valence-corrected chi connectivity index (χ4v) is 2.57. The van der Waals surface area contributed by atoms with Crippen LogP contribution in [-0.4, -0.2) is 6.04 Å². The molecule has 0 amide bonds. The number of hydrogen-bond acceptors (Lipinski definition) is 1. The smallest absolute Gasteiger partial charge is 0.145 e. The highest BCUT2D eigenvalue weighted by molar-refractivity contribution is 9.10. The van der Waals surface area contributed by atoms with Gasteiger partial charge in [0.25, 0.3) is 0 Å². The van der Waals surface area contributed by atoms with E-state index in [4.69, 9.17) is 0 Å². The van der Waals surface area contributed by atoms with E-state index in [0.29, 0.717) is 28.2 Å². The van der Waals surface area contributed by atoms with Crippen molar-refractivity contribution in [2.24, 2.45) is 0 Å². The molecule has 4 heteroatoms. The van der Waals surface area contributed by atoms with Crippen LogP contribution in [0.3, 0.4) is 0 Å². The quantitative estimate of drug-likeness (QED) is 0.856. The Kier molecular flexibility index (Phi) is 3.85. The van der Waals surface area contributed by atoms with Gasteiger partial charge in [-0.1, -0.05) is 18.2 Å². The van der Waals surface area contributed by atoms with E-state index < -0.39 is 0 Å². The van der Waals surface area contributed by atoms with Gasteiger partial charge < -0.3 is 5.32 Å². The molecule has 2 aromatic carbocycles. The third-order valence-corrected chi connectivity index (χ3v) is 4.08. The van der Waals surface area contributed by atoms with Crippen LogP contribution >= 0.6 is 15.9 Å². The van der Waals surface area contributed by atoms with Crippen molar-refractivity contribution >= 4 is 15.9 Å². The van der Waals surface area contributed by atoms with Crippen molar-refractivity contribution in [1.82, 2.24) is 5.32 Å². The number of nitrogens with one attached hydrogen (secondary N) is 1. The normalized spacial score (nSPS) is 14.6. The van der Waals surface area contributed by atoms with Gasteiger partial charge in [0.2, 0.25) is 0 Å². The molecule has 1 fully saturated rings. The Bertz CT molecular complexity index is 638.